The number of alkyl halides is 3. The third-order valence-corrected chi connectivity index (χ3v) is 4.09. The van der Waals surface area contributed by atoms with E-state index in [0.29, 0.717) is 38.1 Å². The third-order valence-electron chi connectivity index (χ3n) is 4.09. The van der Waals surface area contributed by atoms with Gasteiger partial charge in [-0.15, -0.1) is 0 Å². The standard InChI is InChI=1S/C18H33F3N4O2/c1-5-22-16(24-12-15(26)27-17(2,3)4)23-9-6-14-7-10-25(11-8-14)13-18(19,20)21/h14H,5-13H2,1-4H3,(H2,22,23,24). The Hall–Kier alpha value is -1.51. The average Bonchev–Trinajstić information content (AvgIpc) is 2.51. The van der Waals surface area contributed by atoms with Gasteiger partial charge in [0.2, 0.25) is 0 Å². The van der Waals surface area contributed by atoms with Crippen molar-refractivity contribution in [3.05, 3.63) is 0 Å². The van der Waals surface area contributed by atoms with Crippen LogP contribution in [0.3, 0.4) is 0 Å². The Bertz CT molecular complexity index is 482. The number of ether oxygens (including phenoxy) is 1. The van der Waals surface area contributed by atoms with Crippen LogP contribution in [0.5, 0.6) is 0 Å². The number of piperidine rings is 1. The summed E-state index contributed by atoms with van der Waals surface area (Å²) in [6, 6.07) is 0. The number of rotatable bonds is 7. The predicted octanol–water partition coefficient (Wildman–Crippen LogP) is 2.55. The Morgan fingerprint density at radius 3 is 2.33 bits per heavy atom. The SMILES string of the molecule is CCNC(=NCC(=O)OC(C)(C)C)NCCC1CCN(CC(F)(F)F)CC1. The molecule has 0 aromatic carbocycles. The van der Waals surface area contributed by atoms with Crippen molar-refractivity contribution in [2.24, 2.45) is 10.9 Å². The first kappa shape index (κ1) is 23.5. The minimum absolute atomic E-state index is 0.0670. The van der Waals surface area contributed by atoms with Gasteiger partial charge in [-0.3, -0.25) is 9.69 Å². The molecule has 0 saturated carbocycles. The number of halogens is 3. The van der Waals surface area contributed by atoms with Crippen molar-refractivity contribution in [1.29, 1.82) is 0 Å². The molecule has 0 spiro atoms. The van der Waals surface area contributed by atoms with Crippen molar-refractivity contribution in [2.75, 3.05) is 39.3 Å². The van der Waals surface area contributed by atoms with E-state index in [9.17, 15) is 18.0 Å². The molecule has 0 amide bonds. The van der Waals surface area contributed by atoms with Gasteiger partial charge in [0.1, 0.15) is 12.1 Å². The molecule has 1 aliphatic rings. The monoisotopic (exact) mass is 394 g/mol. The van der Waals surface area contributed by atoms with E-state index in [1.165, 1.54) is 4.90 Å². The number of esters is 1. The molecule has 0 aliphatic carbocycles. The molecule has 6 nitrogen and oxygen atoms in total. The molecule has 1 heterocycles. The van der Waals surface area contributed by atoms with Gasteiger partial charge in [-0.25, -0.2) is 4.99 Å². The fourth-order valence-electron chi connectivity index (χ4n) is 2.94. The lowest BCUT2D eigenvalue weighted by atomic mass is 9.93. The molecule has 2 N–H and O–H groups in total. The molecule has 1 rings (SSSR count). The van der Waals surface area contributed by atoms with Crippen LogP contribution in [0.2, 0.25) is 0 Å². The predicted molar refractivity (Wildman–Crippen MR) is 99.7 cm³/mol. The summed E-state index contributed by atoms with van der Waals surface area (Å²) in [5, 5.41) is 6.24. The molecule has 1 fully saturated rings. The molecule has 0 radical (unpaired) electrons. The Balaban J connectivity index is 2.33. The molecule has 0 aromatic heterocycles. The molecule has 0 atom stereocenters. The van der Waals surface area contributed by atoms with E-state index >= 15 is 0 Å². The fraction of sp³-hybridized carbons (Fsp3) is 0.889. The number of aliphatic imine (C=N–C) groups is 1. The quantitative estimate of drug-likeness (QED) is 0.395. The van der Waals surface area contributed by atoms with E-state index in [0.717, 1.165) is 19.3 Å². The number of nitrogens with zero attached hydrogens (tertiary/aromatic N) is 2. The second kappa shape index (κ2) is 10.7. The lowest BCUT2D eigenvalue weighted by Gasteiger charge is -2.32. The molecule has 0 bridgehead atoms. The fourth-order valence-corrected chi connectivity index (χ4v) is 2.94. The maximum Gasteiger partial charge on any atom is 0.401 e. The number of hydrogen-bond donors (Lipinski definition) is 2. The minimum Gasteiger partial charge on any atom is -0.459 e. The van der Waals surface area contributed by atoms with E-state index in [2.05, 4.69) is 15.6 Å². The Kier molecular flexibility index (Phi) is 9.35. The molecule has 0 unspecified atom stereocenters. The van der Waals surface area contributed by atoms with Gasteiger partial charge in [-0.2, -0.15) is 13.2 Å². The van der Waals surface area contributed by atoms with Gasteiger partial charge in [0.15, 0.2) is 5.96 Å². The first-order chi connectivity index (χ1) is 12.5. The van der Waals surface area contributed by atoms with Gasteiger partial charge in [0, 0.05) is 13.1 Å². The van der Waals surface area contributed by atoms with Gasteiger partial charge in [-0.1, -0.05) is 0 Å². The van der Waals surface area contributed by atoms with Crippen molar-refractivity contribution in [3.8, 4) is 0 Å². The second-order valence-corrected chi connectivity index (χ2v) is 7.83. The first-order valence-electron chi connectivity index (χ1n) is 9.51. The minimum atomic E-state index is -4.13. The number of hydrogen-bond acceptors (Lipinski definition) is 4. The van der Waals surface area contributed by atoms with Crippen LogP contribution < -0.4 is 10.6 Å². The van der Waals surface area contributed by atoms with Crippen LogP contribution in [0.25, 0.3) is 0 Å². The highest BCUT2D eigenvalue weighted by atomic mass is 19.4. The van der Waals surface area contributed by atoms with Crippen LogP contribution in [0.15, 0.2) is 4.99 Å². The normalized spacial score (nSPS) is 17.7. The highest BCUT2D eigenvalue weighted by Crippen LogP contribution is 2.23. The molecule has 27 heavy (non-hydrogen) atoms. The molecular weight excluding hydrogens is 361 g/mol. The van der Waals surface area contributed by atoms with Crippen LogP contribution >= 0.6 is 0 Å². The summed E-state index contributed by atoms with van der Waals surface area (Å²) in [5.41, 5.74) is -0.542. The van der Waals surface area contributed by atoms with E-state index < -0.39 is 24.3 Å². The molecular formula is C18H33F3N4O2. The van der Waals surface area contributed by atoms with Crippen LogP contribution in [0.1, 0.15) is 47.0 Å². The zero-order valence-electron chi connectivity index (χ0n) is 16.8. The zero-order valence-corrected chi connectivity index (χ0v) is 16.8. The zero-order chi connectivity index (χ0) is 20.5. The van der Waals surface area contributed by atoms with Gasteiger partial charge in [0.25, 0.3) is 0 Å². The van der Waals surface area contributed by atoms with Gasteiger partial charge in [-0.05, 0) is 66.0 Å². The van der Waals surface area contributed by atoms with Crippen molar-refractivity contribution in [2.45, 2.75) is 58.7 Å². The Morgan fingerprint density at radius 2 is 1.81 bits per heavy atom. The molecule has 158 valence electrons. The van der Waals surface area contributed by atoms with Gasteiger partial charge < -0.3 is 15.4 Å². The van der Waals surface area contributed by atoms with Gasteiger partial charge in [0.05, 0.1) is 6.54 Å². The summed E-state index contributed by atoms with van der Waals surface area (Å²) < 4.78 is 42.5. The Morgan fingerprint density at radius 1 is 1.19 bits per heavy atom. The van der Waals surface area contributed by atoms with Crippen LogP contribution in [0.4, 0.5) is 13.2 Å². The largest absolute Gasteiger partial charge is 0.459 e. The summed E-state index contributed by atoms with van der Waals surface area (Å²) in [5.74, 6) is 0.547. The Labute approximate surface area is 159 Å². The summed E-state index contributed by atoms with van der Waals surface area (Å²) in [7, 11) is 0. The summed E-state index contributed by atoms with van der Waals surface area (Å²) in [4.78, 5) is 17.4. The smallest absolute Gasteiger partial charge is 0.401 e. The maximum absolute atomic E-state index is 12.4. The van der Waals surface area contributed by atoms with Gasteiger partial charge >= 0.3 is 12.1 Å². The van der Waals surface area contributed by atoms with Crippen LogP contribution in [-0.4, -0.2) is 67.9 Å². The molecule has 1 aliphatic heterocycles. The van der Waals surface area contributed by atoms with E-state index in [1.54, 1.807) is 20.8 Å². The molecule has 9 heteroatoms. The first-order valence-corrected chi connectivity index (χ1v) is 9.51. The number of likely N-dealkylation sites (tertiary alicyclic amines) is 1. The lowest BCUT2D eigenvalue weighted by Crippen LogP contribution is -2.42. The highest BCUT2D eigenvalue weighted by Gasteiger charge is 2.32. The third kappa shape index (κ3) is 11.7. The van der Waals surface area contributed by atoms with E-state index in [4.69, 9.17) is 4.74 Å². The summed E-state index contributed by atoms with van der Waals surface area (Å²) in [6.45, 7) is 8.74. The summed E-state index contributed by atoms with van der Waals surface area (Å²) >= 11 is 0. The van der Waals surface area contributed by atoms with Crippen molar-refractivity contribution in [3.63, 3.8) is 0 Å². The summed E-state index contributed by atoms with van der Waals surface area (Å²) in [6.07, 6.45) is -1.73. The number of carbonyl (C=O) groups is 1. The van der Waals surface area contributed by atoms with E-state index in [1.807, 2.05) is 6.92 Å². The molecule has 1 saturated heterocycles. The van der Waals surface area contributed by atoms with Crippen molar-refractivity contribution in [1.82, 2.24) is 15.5 Å². The topological polar surface area (TPSA) is 66.0 Å². The number of nitrogens with one attached hydrogen (secondary N) is 2. The van der Waals surface area contributed by atoms with Crippen molar-refractivity contribution < 1.29 is 22.7 Å². The van der Waals surface area contributed by atoms with Crippen LogP contribution in [-0.2, 0) is 9.53 Å². The van der Waals surface area contributed by atoms with E-state index in [-0.39, 0.29) is 6.54 Å². The lowest BCUT2D eigenvalue weighted by molar-refractivity contribution is -0.153. The average molecular weight is 394 g/mol. The highest BCUT2D eigenvalue weighted by molar-refractivity contribution is 5.83. The van der Waals surface area contributed by atoms with Crippen molar-refractivity contribution >= 4 is 11.9 Å². The molecule has 0 aromatic rings. The number of carbonyl (C=O) groups excluding carboxylic acids is 1. The van der Waals surface area contributed by atoms with Crippen LogP contribution in [0, 0.1) is 5.92 Å². The number of guanidine groups is 1. The maximum atomic E-state index is 12.4. The second-order valence-electron chi connectivity index (χ2n) is 7.83.